The van der Waals surface area contributed by atoms with Crippen molar-refractivity contribution in [3.05, 3.63) is 59.4 Å². The van der Waals surface area contributed by atoms with Crippen LogP contribution in [0.5, 0.6) is 0 Å². The maximum absolute atomic E-state index is 12.3. The first-order valence-corrected chi connectivity index (χ1v) is 6.83. The number of nitrogens with zero attached hydrogens (tertiary/aromatic N) is 3. The Labute approximate surface area is 114 Å². The lowest BCUT2D eigenvalue weighted by Gasteiger charge is -2.15. The Balaban J connectivity index is 1.78. The molecule has 1 aromatic carbocycles. The molecule has 0 aliphatic carbocycles. The van der Waals surface area contributed by atoms with Crippen molar-refractivity contribution in [2.24, 2.45) is 0 Å². The molecule has 3 rings (SSSR count). The number of hydrogen-bond donors (Lipinski definition) is 0. The third kappa shape index (κ3) is 2.37. The summed E-state index contributed by atoms with van der Waals surface area (Å²) in [6.07, 6.45) is 3.68. The molecule has 96 valence electrons. The first-order chi connectivity index (χ1) is 9.24. The van der Waals surface area contributed by atoms with E-state index in [0.717, 1.165) is 10.5 Å². The second-order valence-corrected chi connectivity index (χ2v) is 5.24. The van der Waals surface area contributed by atoms with Crippen molar-refractivity contribution < 1.29 is 4.79 Å². The maximum Gasteiger partial charge on any atom is 0.274 e. The van der Waals surface area contributed by atoms with Gasteiger partial charge in [0.15, 0.2) is 4.96 Å². The molecule has 1 amide bonds. The minimum Gasteiger partial charge on any atom is -0.336 e. The van der Waals surface area contributed by atoms with Gasteiger partial charge in [-0.25, -0.2) is 4.98 Å². The predicted molar refractivity (Wildman–Crippen MR) is 75.3 cm³/mol. The number of hydrogen-bond acceptors (Lipinski definition) is 3. The summed E-state index contributed by atoms with van der Waals surface area (Å²) in [6, 6.07) is 9.93. The van der Waals surface area contributed by atoms with Crippen molar-refractivity contribution in [3.8, 4) is 0 Å². The van der Waals surface area contributed by atoms with Gasteiger partial charge in [-0.05, 0) is 5.56 Å². The van der Waals surface area contributed by atoms with E-state index in [4.69, 9.17) is 0 Å². The Bertz CT molecular complexity index is 673. The molecule has 4 nitrogen and oxygen atoms in total. The van der Waals surface area contributed by atoms with Crippen LogP contribution in [0.2, 0.25) is 0 Å². The molecule has 0 atom stereocenters. The normalized spacial score (nSPS) is 10.8. The molecule has 0 bridgehead atoms. The summed E-state index contributed by atoms with van der Waals surface area (Å²) in [5.41, 5.74) is 1.60. The second kappa shape index (κ2) is 4.85. The average Bonchev–Trinajstić information content (AvgIpc) is 2.99. The fraction of sp³-hybridized carbons (Fsp3) is 0.143. The van der Waals surface area contributed by atoms with Crippen LogP contribution in [0.3, 0.4) is 0 Å². The number of imidazole rings is 1. The number of rotatable bonds is 3. The first kappa shape index (κ1) is 11.9. The average molecular weight is 271 g/mol. The molecular formula is C14H13N3OS. The van der Waals surface area contributed by atoms with Crippen molar-refractivity contribution in [1.82, 2.24) is 14.3 Å². The maximum atomic E-state index is 12.3. The molecule has 5 heteroatoms. The molecule has 0 radical (unpaired) electrons. The van der Waals surface area contributed by atoms with Crippen molar-refractivity contribution in [3.63, 3.8) is 0 Å². The van der Waals surface area contributed by atoms with Crippen LogP contribution in [0.1, 0.15) is 16.1 Å². The van der Waals surface area contributed by atoms with Gasteiger partial charge in [-0.3, -0.25) is 9.20 Å². The number of carbonyl (C=O) groups excluding carboxylic acids is 1. The molecule has 0 aliphatic rings. The fourth-order valence-electron chi connectivity index (χ4n) is 1.96. The first-order valence-electron chi connectivity index (χ1n) is 5.95. The van der Waals surface area contributed by atoms with E-state index in [-0.39, 0.29) is 5.91 Å². The molecule has 0 fully saturated rings. The highest BCUT2D eigenvalue weighted by Crippen LogP contribution is 2.13. The smallest absolute Gasteiger partial charge is 0.274 e. The van der Waals surface area contributed by atoms with Crippen molar-refractivity contribution in [2.45, 2.75) is 6.54 Å². The molecular weight excluding hydrogens is 258 g/mol. The summed E-state index contributed by atoms with van der Waals surface area (Å²) < 4.78 is 1.87. The Hall–Kier alpha value is -2.14. The van der Waals surface area contributed by atoms with E-state index in [1.54, 1.807) is 18.1 Å². The zero-order valence-electron chi connectivity index (χ0n) is 10.5. The molecule has 0 spiro atoms. The number of aromatic nitrogens is 2. The Kier molecular flexibility index (Phi) is 3.05. The molecule has 2 heterocycles. The van der Waals surface area contributed by atoms with Gasteiger partial charge in [0.2, 0.25) is 0 Å². The summed E-state index contributed by atoms with van der Waals surface area (Å²) in [6.45, 7) is 0.588. The SMILES string of the molecule is CN(Cc1ccccc1)C(=O)c1cn2ccsc2n1. The highest BCUT2D eigenvalue weighted by molar-refractivity contribution is 7.15. The minimum atomic E-state index is -0.0558. The number of carbonyl (C=O) groups is 1. The zero-order valence-corrected chi connectivity index (χ0v) is 11.3. The standard InChI is InChI=1S/C14H13N3OS/c1-16(9-11-5-3-2-4-6-11)13(18)12-10-17-7-8-19-14(17)15-12/h2-8,10H,9H2,1H3. The molecule has 0 saturated carbocycles. The number of fused-ring (bicyclic) bond motifs is 1. The summed E-state index contributed by atoms with van der Waals surface area (Å²) in [7, 11) is 1.79. The van der Waals surface area contributed by atoms with Crippen LogP contribution in [0, 0.1) is 0 Å². The van der Waals surface area contributed by atoms with Crippen LogP contribution in [-0.4, -0.2) is 27.2 Å². The Morgan fingerprint density at radius 2 is 2.16 bits per heavy atom. The fourth-order valence-corrected chi connectivity index (χ4v) is 2.66. The zero-order chi connectivity index (χ0) is 13.2. The van der Waals surface area contributed by atoms with E-state index in [2.05, 4.69) is 4.98 Å². The molecule has 19 heavy (non-hydrogen) atoms. The van der Waals surface area contributed by atoms with Gasteiger partial charge in [0.05, 0.1) is 0 Å². The summed E-state index contributed by atoms with van der Waals surface area (Å²) in [5.74, 6) is -0.0558. The third-order valence-corrected chi connectivity index (χ3v) is 3.69. The van der Waals surface area contributed by atoms with E-state index in [1.165, 1.54) is 11.3 Å². The van der Waals surface area contributed by atoms with Gasteiger partial charge in [-0.1, -0.05) is 30.3 Å². The van der Waals surface area contributed by atoms with Crippen LogP contribution in [0.4, 0.5) is 0 Å². The van der Waals surface area contributed by atoms with E-state index in [9.17, 15) is 4.79 Å². The summed E-state index contributed by atoms with van der Waals surface area (Å²) in [4.78, 5) is 19.1. The quantitative estimate of drug-likeness (QED) is 0.734. The van der Waals surface area contributed by atoms with Crippen LogP contribution in [-0.2, 0) is 6.54 Å². The van der Waals surface area contributed by atoms with Gasteiger partial charge in [0, 0.05) is 31.4 Å². The minimum absolute atomic E-state index is 0.0558. The van der Waals surface area contributed by atoms with Crippen LogP contribution in [0.15, 0.2) is 48.1 Å². The lowest BCUT2D eigenvalue weighted by atomic mass is 10.2. The van der Waals surface area contributed by atoms with Crippen LogP contribution < -0.4 is 0 Å². The topological polar surface area (TPSA) is 37.6 Å². The molecule has 0 unspecified atom stereocenters. The van der Waals surface area contributed by atoms with Crippen LogP contribution >= 0.6 is 11.3 Å². The highest BCUT2D eigenvalue weighted by atomic mass is 32.1. The molecule has 0 saturated heterocycles. The van der Waals surface area contributed by atoms with E-state index >= 15 is 0 Å². The van der Waals surface area contributed by atoms with Gasteiger partial charge in [-0.15, -0.1) is 11.3 Å². The summed E-state index contributed by atoms with van der Waals surface area (Å²) in [5, 5.41) is 1.95. The molecule has 0 N–H and O–H groups in total. The van der Waals surface area contributed by atoms with E-state index in [1.807, 2.05) is 46.3 Å². The molecule has 0 aliphatic heterocycles. The lowest BCUT2D eigenvalue weighted by Crippen LogP contribution is -2.26. The molecule has 2 aromatic heterocycles. The monoisotopic (exact) mass is 271 g/mol. The lowest BCUT2D eigenvalue weighted by molar-refractivity contribution is 0.0780. The van der Waals surface area contributed by atoms with Crippen molar-refractivity contribution in [1.29, 1.82) is 0 Å². The van der Waals surface area contributed by atoms with Gasteiger partial charge in [-0.2, -0.15) is 0 Å². The molecule has 3 aromatic rings. The van der Waals surface area contributed by atoms with E-state index in [0.29, 0.717) is 12.2 Å². The third-order valence-electron chi connectivity index (χ3n) is 2.92. The summed E-state index contributed by atoms with van der Waals surface area (Å²) >= 11 is 1.52. The second-order valence-electron chi connectivity index (χ2n) is 4.37. The van der Waals surface area contributed by atoms with Gasteiger partial charge < -0.3 is 4.90 Å². The van der Waals surface area contributed by atoms with Crippen LogP contribution in [0.25, 0.3) is 4.96 Å². The predicted octanol–water partition coefficient (Wildman–Crippen LogP) is 2.67. The number of amides is 1. The van der Waals surface area contributed by atoms with Gasteiger partial charge >= 0.3 is 0 Å². The van der Waals surface area contributed by atoms with Crippen molar-refractivity contribution in [2.75, 3.05) is 7.05 Å². The van der Waals surface area contributed by atoms with Crippen molar-refractivity contribution >= 4 is 22.2 Å². The largest absolute Gasteiger partial charge is 0.336 e. The van der Waals surface area contributed by atoms with Gasteiger partial charge in [0.25, 0.3) is 5.91 Å². The number of thiazole rings is 1. The number of benzene rings is 1. The van der Waals surface area contributed by atoms with Gasteiger partial charge in [0.1, 0.15) is 5.69 Å². The highest BCUT2D eigenvalue weighted by Gasteiger charge is 2.16. The Morgan fingerprint density at radius 1 is 1.37 bits per heavy atom. The van der Waals surface area contributed by atoms with E-state index < -0.39 is 0 Å². The Morgan fingerprint density at radius 3 is 2.89 bits per heavy atom.